The summed E-state index contributed by atoms with van der Waals surface area (Å²) >= 11 is 6.31. The van der Waals surface area contributed by atoms with Gasteiger partial charge in [0.2, 0.25) is 0 Å². The molecule has 1 saturated heterocycles. The van der Waals surface area contributed by atoms with Crippen molar-refractivity contribution in [2.45, 2.75) is 25.8 Å². The Hall–Kier alpha value is -3.25. The number of hydrazine groups is 1. The third kappa shape index (κ3) is 3.32. The van der Waals surface area contributed by atoms with Crippen LogP contribution in [0.3, 0.4) is 0 Å². The van der Waals surface area contributed by atoms with Gasteiger partial charge in [-0.3, -0.25) is 19.2 Å². The van der Waals surface area contributed by atoms with Crippen LogP contribution in [0.5, 0.6) is 0 Å². The Morgan fingerprint density at radius 3 is 2.12 bits per heavy atom. The molecule has 0 N–H and O–H groups in total. The molecular weight excluding hydrogens is 440 g/mol. The van der Waals surface area contributed by atoms with Crippen LogP contribution in [0.25, 0.3) is 0 Å². The first kappa shape index (κ1) is 21.6. The number of amides is 3. The number of Topliss-reactive ketones (excluding diaryl/α,β-unsaturated/α-hetero) is 1. The van der Waals surface area contributed by atoms with Crippen molar-refractivity contribution in [3.05, 3.63) is 82.9 Å². The molecule has 5 rings (SSSR count). The normalized spacial score (nSPS) is 25.9. The minimum Gasteiger partial charge on any atom is -0.292 e. The van der Waals surface area contributed by atoms with E-state index >= 15 is 0 Å². The highest BCUT2D eigenvalue weighted by Crippen LogP contribution is 2.53. The van der Waals surface area contributed by atoms with Gasteiger partial charge in [-0.1, -0.05) is 73.1 Å². The molecule has 3 amide bonds. The lowest BCUT2D eigenvalue weighted by molar-refractivity contribution is -0.157. The van der Waals surface area contributed by atoms with Gasteiger partial charge in [0.1, 0.15) is 6.04 Å². The highest BCUT2D eigenvalue weighted by atomic mass is 35.5. The number of carbonyl (C=O) groups excluding carboxylic acids is 4. The van der Waals surface area contributed by atoms with Gasteiger partial charge in [0.25, 0.3) is 17.7 Å². The molecule has 7 heteroatoms. The third-order valence-corrected chi connectivity index (χ3v) is 7.35. The predicted octanol–water partition coefficient (Wildman–Crippen LogP) is 4.17. The number of benzene rings is 2. The van der Waals surface area contributed by atoms with E-state index in [4.69, 9.17) is 11.6 Å². The van der Waals surface area contributed by atoms with Crippen LogP contribution < -0.4 is 0 Å². The number of carbonyl (C=O) groups is 4. The third-order valence-electron chi connectivity index (χ3n) is 7.02. The average Bonchev–Trinajstić information content (AvgIpc) is 3.52. The number of nitrogens with zero attached hydrogens (tertiary/aromatic N) is 2. The monoisotopic (exact) mass is 462 g/mol. The fourth-order valence-corrected chi connectivity index (χ4v) is 5.71. The molecule has 0 spiro atoms. The van der Waals surface area contributed by atoms with E-state index in [0.717, 1.165) is 16.4 Å². The Kier molecular flexibility index (Phi) is 5.41. The molecule has 0 aromatic heterocycles. The van der Waals surface area contributed by atoms with Crippen molar-refractivity contribution in [1.29, 1.82) is 0 Å². The van der Waals surface area contributed by atoms with Crippen LogP contribution in [0.15, 0.2) is 66.7 Å². The molecule has 2 fully saturated rings. The minimum atomic E-state index is -1.03. The van der Waals surface area contributed by atoms with Gasteiger partial charge in [-0.25, -0.2) is 5.01 Å². The van der Waals surface area contributed by atoms with Crippen LogP contribution >= 0.6 is 11.6 Å². The van der Waals surface area contributed by atoms with Gasteiger partial charge in [-0.05, 0) is 36.8 Å². The zero-order valence-electron chi connectivity index (χ0n) is 18.1. The maximum atomic E-state index is 13.8. The second kappa shape index (κ2) is 8.27. The topological polar surface area (TPSA) is 74.8 Å². The average molecular weight is 463 g/mol. The van der Waals surface area contributed by atoms with Crippen molar-refractivity contribution < 1.29 is 19.2 Å². The van der Waals surface area contributed by atoms with Crippen molar-refractivity contribution >= 4 is 35.1 Å². The van der Waals surface area contributed by atoms with Crippen molar-refractivity contribution in [1.82, 2.24) is 10.0 Å². The number of fused-ring (bicyclic) bond motifs is 5. The Bertz CT molecular complexity index is 1150. The molecular formula is C26H23ClN2O4. The summed E-state index contributed by atoms with van der Waals surface area (Å²) in [6.45, 7) is 1.76. The van der Waals surface area contributed by atoms with Crippen LogP contribution in [0.4, 0.5) is 0 Å². The lowest BCUT2D eigenvalue weighted by atomic mass is 9.85. The molecule has 2 bridgehead atoms. The molecule has 33 heavy (non-hydrogen) atoms. The molecule has 2 aromatic rings. The van der Waals surface area contributed by atoms with E-state index in [1.54, 1.807) is 55.5 Å². The van der Waals surface area contributed by atoms with Gasteiger partial charge < -0.3 is 0 Å². The van der Waals surface area contributed by atoms with Crippen molar-refractivity contribution in [3.8, 4) is 0 Å². The van der Waals surface area contributed by atoms with Crippen LogP contribution in [-0.2, 0) is 9.59 Å². The second-order valence-electron chi connectivity index (χ2n) is 8.77. The molecule has 6 nitrogen and oxygen atoms in total. The van der Waals surface area contributed by atoms with E-state index in [1.165, 1.54) is 6.07 Å². The second-order valence-corrected chi connectivity index (χ2v) is 9.18. The fourth-order valence-electron chi connectivity index (χ4n) is 5.49. The van der Waals surface area contributed by atoms with Crippen molar-refractivity contribution in [2.75, 3.05) is 0 Å². The van der Waals surface area contributed by atoms with Crippen molar-refractivity contribution in [2.24, 2.45) is 23.7 Å². The highest BCUT2D eigenvalue weighted by molar-refractivity contribution is 6.34. The summed E-state index contributed by atoms with van der Waals surface area (Å²) in [4.78, 5) is 54.4. The highest BCUT2D eigenvalue weighted by Gasteiger charge is 2.62. The molecule has 1 aliphatic heterocycles. The summed E-state index contributed by atoms with van der Waals surface area (Å²) in [5.74, 6) is -2.80. The minimum absolute atomic E-state index is 0.0105. The number of hydrogen-bond donors (Lipinski definition) is 0. The Balaban J connectivity index is 1.60. The summed E-state index contributed by atoms with van der Waals surface area (Å²) in [5, 5.41) is 2.21. The van der Waals surface area contributed by atoms with Gasteiger partial charge in [0.15, 0.2) is 5.78 Å². The molecule has 5 atom stereocenters. The maximum absolute atomic E-state index is 13.8. The number of ketones is 1. The number of imide groups is 1. The fraction of sp³-hybridized carbons (Fsp3) is 0.308. The van der Waals surface area contributed by atoms with Crippen LogP contribution in [0.2, 0.25) is 5.02 Å². The number of allylic oxidation sites excluding steroid dienone is 2. The van der Waals surface area contributed by atoms with Gasteiger partial charge in [-0.2, -0.15) is 5.01 Å². The van der Waals surface area contributed by atoms with Crippen LogP contribution in [0, 0.1) is 23.7 Å². The summed E-state index contributed by atoms with van der Waals surface area (Å²) in [7, 11) is 0. The first-order chi connectivity index (χ1) is 15.9. The molecule has 2 aromatic carbocycles. The molecule has 1 saturated carbocycles. The predicted molar refractivity (Wildman–Crippen MR) is 122 cm³/mol. The van der Waals surface area contributed by atoms with Gasteiger partial charge in [0, 0.05) is 5.56 Å². The number of halogens is 1. The van der Waals surface area contributed by atoms with E-state index in [9.17, 15) is 19.2 Å². The Morgan fingerprint density at radius 1 is 0.970 bits per heavy atom. The zero-order chi connectivity index (χ0) is 23.3. The first-order valence-corrected chi connectivity index (χ1v) is 11.5. The largest absolute Gasteiger partial charge is 0.292 e. The molecule has 0 radical (unpaired) electrons. The Labute approximate surface area is 196 Å². The molecule has 1 heterocycles. The number of rotatable bonds is 6. The lowest BCUT2D eigenvalue weighted by Gasteiger charge is -2.36. The van der Waals surface area contributed by atoms with Crippen LogP contribution in [-0.4, -0.2) is 39.6 Å². The summed E-state index contributed by atoms with van der Waals surface area (Å²) in [6.07, 6.45) is 4.99. The number of hydrogen-bond acceptors (Lipinski definition) is 4. The summed E-state index contributed by atoms with van der Waals surface area (Å²) in [6, 6.07) is 14.0. The molecule has 2 aliphatic carbocycles. The smallest absolute Gasteiger partial charge is 0.275 e. The first-order valence-electron chi connectivity index (χ1n) is 11.2. The summed E-state index contributed by atoms with van der Waals surface area (Å²) < 4.78 is 0. The van der Waals surface area contributed by atoms with Gasteiger partial charge in [-0.15, -0.1) is 0 Å². The van der Waals surface area contributed by atoms with E-state index < -0.39 is 35.6 Å². The van der Waals surface area contributed by atoms with Crippen LogP contribution in [0.1, 0.15) is 40.5 Å². The quantitative estimate of drug-likeness (QED) is 0.367. The van der Waals surface area contributed by atoms with E-state index in [0.29, 0.717) is 5.56 Å². The molecule has 168 valence electrons. The van der Waals surface area contributed by atoms with E-state index in [-0.39, 0.29) is 34.6 Å². The molecule has 0 unspecified atom stereocenters. The molecule has 3 aliphatic rings. The standard InChI is InChI=1S/C26H23ClN2O4/c1-2-20(23(30)15-8-4-3-5-9-15)28(24(31)18-10-6-7-11-19(18)27)29-25(32)21-16-12-13-17(14-16)22(21)26(29)33/h3-13,16-17,20-22H,2,14H2,1H3/t16-,17+,20-,21+,22-/m1/s1. The van der Waals surface area contributed by atoms with Crippen molar-refractivity contribution in [3.63, 3.8) is 0 Å². The SMILES string of the molecule is CC[C@H](C(=O)c1ccccc1)N(C(=O)c1ccccc1Cl)N1C(=O)[C@@H]2[C@H](C1=O)[C@H]1C=C[C@@H]2C1. The van der Waals surface area contributed by atoms with E-state index in [1.807, 2.05) is 12.2 Å². The van der Waals surface area contributed by atoms with Gasteiger partial charge >= 0.3 is 0 Å². The lowest BCUT2D eigenvalue weighted by Crippen LogP contribution is -2.57. The summed E-state index contributed by atoms with van der Waals surface area (Å²) in [5.41, 5.74) is 0.541. The van der Waals surface area contributed by atoms with E-state index in [2.05, 4.69) is 0 Å². The Morgan fingerprint density at radius 2 is 1.55 bits per heavy atom. The van der Waals surface area contributed by atoms with Gasteiger partial charge in [0.05, 0.1) is 22.4 Å². The zero-order valence-corrected chi connectivity index (χ0v) is 18.8. The maximum Gasteiger partial charge on any atom is 0.275 e.